The highest BCUT2D eigenvalue weighted by Crippen LogP contribution is 2.28. The summed E-state index contributed by atoms with van der Waals surface area (Å²) in [7, 11) is 0. The van der Waals surface area contributed by atoms with Crippen LogP contribution in [0.5, 0.6) is 5.75 Å². The summed E-state index contributed by atoms with van der Waals surface area (Å²) in [6, 6.07) is 10.2. The Labute approximate surface area is 166 Å². The van der Waals surface area contributed by atoms with Crippen molar-refractivity contribution in [1.82, 2.24) is 4.98 Å². The Bertz CT molecular complexity index is 967. The number of carboxylic acids is 1. The maximum absolute atomic E-state index is 12.7. The van der Waals surface area contributed by atoms with Gasteiger partial charge in [-0.2, -0.15) is 11.3 Å². The van der Waals surface area contributed by atoms with Crippen LogP contribution in [0.1, 0.15) is 34.6 Å². The molecule has 1 amide bonds. The lowest BCUT2D eigenvalue weighted by molar-refractivity contribution is 0.0696. The van der Waals surface area contributed by atoms with Gasteiger partial charge in [-0.1, -0.05) is 13.8 Å². The number of carbonyl (C=O) groups excluding carboxylic acids is 1. The fourth-order valence-electron chi connectivity index (χ4n) is 2.45. The van der Waals surface area contributed by atoms with E-state index in [0.717, 1.165) is 11.1 Å². The van der Waals surface area contributed by atoms with Crippen LogP contribution in [0.4, 0.5) is 5.82 Å². The van der Waals surface area contributed by atoms with Crippen molar-refractivity contribution in [2.24, 2.45) is 5.92 Å². The second kappa shape index (κ2) is 8.67. The third-order valence-corrected chi connectivity index (χ3v) is 4.54. The molecular weight excluding hydrogens is 376 g/mol. The summed E-state index contributed by atoms with van der Waals surface area (Å²) in [4.78, 5) is 27.6. The van der Waals surface area contributed by atoms with Crippen molar-refractivity contribution < 1.29 is 19.4 Å². The lowest BCUT2D eigenvalue weighted by atomic mass is 10.0. The molecule has 0 fully saturated rings. The summed E-state index contributed by atoms with van der Waals surface area (Å²) in [5.41, 5.74) is 2.40. The van der Waals surface area contributed by atoms with Gasteiger partial charge < -0.3 is 15.2 Å². The maximum atomic E-state index is 12.7. The van der Waals surface area contributed by atoms with Gasteiger partial charge in [0.2, 0.25) is 0 Å². The minimum absolute atomic E-state index is 0.0572. The van der Waals surface area contributed by atoms with Crippen molar-refractivity contribution >= 4 is 29.0 Å². The van der Waals surface area contributed by atoms with Crippen LogP contribution in [0.15, 0.2) is 53.4 Å². The molecule has 0 saturated heterocycles. The van der Waals surface area contributed by atoms with E-state index < -0.39 is 5.97 Å². The summed E-state index contributed by atoms with van der Waals surface area (Å²) in [5, 5.41) is 15.6. The number of benzene rings is 1. The number of hydrogen-bond donors (Lipinski definition) is 2. The third kappa shape index (κ3) is 4.95. The van der Waals surface area contributed by atoms with Crippen molar-refractivity contribution in [1.29, 1.82) is 0 Å². The summed E-state index contributed by atoms with van der Waals surface area (Å²) >= 11 is 1.58. The van der Waals surface area contributed by atoms with E-state index in [2.05, 4.69) is 24.1 Å². The second-order valence-electron chi connectivity index (χ2n) is 6.65. The standard InChI is InChI=1S/C21H20N2O4S/c1-13(2)11-27-18-8-16(15-5-6-28-12-15)7-17(9-18)20(24)23-19-4-3-14(10-22-19)21(25)26/h3-10,12-13H,11H2,1-2H3,(H,25,26)(H,22,23,24). The van der Waals surface area contributed by atoms with Gasteiger partial charge in [-0.3, -0.25) is 4.79 Å². The number of aromatic nitrogens is 1. The van der Waals surface area contributed by atoms with E-state index in [1.165, 1.54) is 18.3 Å². The smallest absolute Gasteiger partial charge is 0.337 e. The zero-order valence-corrected chi connectivity index (χ0v) is 16.3. The van der Waals surface area contributed by atoms with Crippen molar-refractivity contribution in [3.8, 4) is 16.9 Å². The van der Waals surface area contributed by atoms with E-state index in [4.69, 9.17) is 9.84 Å². The number of hydrogen-bond acceptors (Lipinski definition) is 5. The van der Waals surface area contributed by atoms with Gasteiger partial charge in [0.05, 0.1) is 12.2 Å². The molecular formula is C21H20N2O4S. The molecule has 2 aromatic heterocycles. The van der Waals surface area contributed by atoms with Crippen LogP contribution in [0, 0.1) is 5.92 Å². The Hall–Kier alpha value is -3.19. The predicted octanol–water partition coefficient (Wildman–Crippen LogP) is 4.80. The minimum Gasteiger partial charge on any atom is -0.493 e. The monoisotopic (exact) mass is 396 g/mol. The molecule has 144 valence electrons. The van der Waals surface area contributed by atoms with Crippen LogP contribution in [0.2, 0.25) is 0 Å². The summed E-state index contributed by atoms with van der Waals surface area (Å²) < 4.78 is 5.83. The van der Waals surface area contributed by atoms with Crippen molar-refractivity contribution in [3.05, 3.63) is 64.5 Å². The molecule has 0 spiro atoms. The number of aromatic carboxylic acids is 1. The lowest BCUT2D eigenvalue weighted by Gasteiger charge is -2.12. The van der Waals surface area contributed by atoms with Gasteiger partial charge in [-0.25, -0.2) is 9.78 Å². The van der Waals surface area contributed by atoms with Crippen molar-refractivity contribution in [2.45, 2.75) is 13.8 Å². The van der Waals surface area contributed by atoms with E-state index in [9.17, 15) is 9.59 Å². The lowest BCUT2D eigenvalue weighted by Crippen LogP contribution is -2.14. The summed E-state index contributed by atoms with van der Waals surface area (Å²) in [6.45, 7) is 4.66. The topological polar surface area (TPSA) is 88.5 Å². The highest BCUT2D eigenvalue weighted by atomic mass is 32.1. The number of carboxylic acid groups (broad SMARTS) is 1. The van der Waals surface area contributed by atoms with Gasteiger partial charge in [0.25, 0.3) is 5.91 Å². The molecule has 3 aromatic rings. The predicted molar refractivity (Wildman–Crippen MR) is 109 cm³/mol. The average Bonchev–Trinajstić information content (AvgIpc) is 3.21. The molecule has 6 nitrogen and oxygen atoms in total. The first-order valence-corrected chi connectivity index (χ1v) is 9.68. The molecule has 0 bridgehead atoms. The molecule has 2 heterocycles. The fourth-order valence-corrected chi connectivity index (χ4v) is 3.12. The fraction of sp³-hybridized carbons (Fsp3) is 0.190. The van der Waals surface area contributed by atoms with Crippen LogP contribution >= 0.6 is 11.3 Å². The molecule has 1 aromatic carbocycles. The number of ether oxygens (including phenoxy) is 1. The third-order valence-electron chi connectivity index (χ3n) is 3.86. The van der Waals surface area contributed by atoms with Gasteiger partial charge in [0, 0.05) is 11.8 Å². The van der Waals surface area contributed by atoms with E-state index in [-0.39, 0.29) is 17.3 Å². The van der Waals surface area contributed by atoms with Gasteiger partial charge in [0.15, 0.2) is 0 Å². The van der Waals surface area contributed by atoms with E-state index in [1.807, 2.05) is 22.9 Å². The number of rotatable bonds is 7. The van der Waals surface area contributed by atoms with Crippen LogP contribution in [-0.4, -0.2) is 28.6 Å². The van der Waals surface area contributed by atoms with Crippen LogP contribution in [0.3, 0.4) is 0 Å². The van der Waals surface area contributed by atoms with Crippen LogP contribution in [0.25, 0.3) is 11.1 Å². The van der Waals surface area contributed by atoms with E-state index in [1.54, 1.807) is 23.5 Å². The van der Waals surface area contributed by atoms with Gasteiger partial charge in [-0.15, -0.1) is 0 Å². The zero-order chi connectivity index (χ0) is 20.1. The Morgan fingerprint density at radius 2 is 1.96 bits per heavy atom. The Morgan fingerprint density at radius 1 is 1.14 bits per heavy atom. The molecule has 0 unspecified atom stereocenters. The highest BCUT2D eigenvalue weighted by molar-refractivity contribution is 7.08. The minimum atomic E-state index is -1.07. The normalized spacial score (nSPS) is 10.7. The second-order valence-corrected chi connectivity index (χ2v) is 7.43. The molecule has 7 heteroatoms. The van der Waals surface area contributed by atoms with Gasteiger partial charge in [-0.05, 0) is 64.2 Å². The number of pyridine rings is 1. The number of nitrogens with zero attached hydrogens (tertiary/aromatic N) is 1. The Balaban J connectivity index is 1.86. The quantitative estimate of drug-likeness (QED) is 0.599. The SMILES string of the molecule is CC(C)COc1cc(C(=O)Nc2ccc(C(=O)O)cn2)cc(-c2ccsc2)c1. The Morgan fingerprint density at radius 3 is 2.57 bits per heavy atom. The van der Waals surface area contributed by atoms with Crippen molar-refractivity contribution in [3.63, 3.8) is 0 Å². The van der Waals surface area contributed by atoms with Crippen LogP contribution < -0.4 is 10.1 Å². The summed E-state index contributed by atoms with van der Waals surface area (Å²) in [6.07, 6.45) is 1.21. The van der Waals surface area contributed by atoms with Crippen molar-refractivity contribution in [2.75, 3.05) is 11.9 Å². The number of amides is 1. The van der Waals surface area contributed by atoms with Crippen LogP contribution in [-0.2, 0) is 0 Å². The molecule has 0 saturated carbocycles. The molecule has 0 aliphatic heterocycles. The molecule has 0 radical (unpaired) electrons. The molecule has 3 rings (SSSR count). The van der Waals surface area contributed by atoms with Gasteiger partial charge >= 0.3 is 5.97 Å². The highest BCUT2D eigenvalue weighted by Gasteiger charge is 2.13. The van der Waals surface area contributed by atoms with Gasteiger partial charge in [0.1, 0.15) is 11.6 Å². The average molecular weight is 396 g/mol. The molecule has 28 heavy (non-hydrogen) atoms. The number of anilines is 1. The molecule has 0 aliphatic rings. The molecule has 2 N–H and O–H groups in total. The van der Waals surface area contributed by atoms with E-state index >= 15 is 0 Å². The number of nitrogens with one attached hydrogen (secondary N) is 1. The maximum Gasteiger partial charge on any atom is 0.337 e. The van der Waals surface area contributed by atoms with E-state index in [0.29, 0.717) is 23.8 Å². The first-order valence-electron chi connectivity index (χ1n) is 8.73. The summed E-state index contributed by atoms with van der Waals surface area (Å²) in [5.74, 6) is -0.154. The largest absolute Gasteiger partial charge is 0.493 e. The zero-order valence-electron chi connectivity index (χ0n) is 15.5. The first-order chi connectivity index (χ1) is 13.4. The number of thiophene rings is 1. The molecule has 0 aliphatic carbocycles. The number of carbonyl (C=O) groups is 2. The molecule has 0 atom stereocenters. The Kier molecular flexibility index (Phi) is 6.06. The first kappa shape index (κ1) is 19.6.